The fourth-order valence-electron chi connectivity index (χ4n) is 7.01. The second-order valence-corrected chi connectivity index (χ2v) is 14.6. The van der Waals surface area contributed by atoms with Gasteiger partial charge >= 0.3 is 5.97 Å². The topological polar surface area (TPSA) is 57.2 Å². The second-order valence-electron chi connectivity index (χ2n) is 14.6. The van der Waals surface area contributed by atoms with E-state index in [4.69, 9.17) is 18.9 Å². The molecule has 0 N–H and O–H groups in total. The molecule has 0 aromatic heterocycles. The van der Waals surface area contributed by atoms with Crippen LogP contribution < -0.4 is 0 Å². The summed E-state index contributed by atoms with van der Waals surface area (Å²) in [6, 6.07) is 0. The number of carbonyl (C=O) groups is 1. The van der Waals surface area contributed by atoms with Crippen molar-refractivity contribution in [3.63, 3.8) is 0 Å². The van der Waals surface area contributed by atoms with E-state index < -0.39 is 0 Å². The summed E-state index contributed by atoms with van der Waals surface area (Å²) >= 11 is 0. The van der Waals surface area contributed by atoms with E-state index in [2.05, 4.69) is 25.8 Å². The van der Waals surface area contributed by atoms with Gasteiger partial charge in [0.25, 0.3) is 0 Å². The Morgan fingerprint density at radius 3 is 1.48 bits per heavy atom. The van der Waals surface area contributed by atoms with Crippen LogP contribution in [0, 0.1) is 5.92 Å². The number of piperidine rings is 1. The summed E-state index contributed by atoms with van der Waals surface area (Å²) in [7, 11) is 2.11. The first-order chi connectivity index (χ1) is 22.7. The van der Waals surface area contributed by atoms with Crippen molar-refractivity contribution in [2.24, 2.45) is 5.92 Å². The highest BCUT2D eigenvalue weighted by Crippen LogP contribution is 2.24. The van der Waals surface area contributed by atoms with Crippen molar-refractivity contribution in [2.45, 2.75) is 199 Å². The van der Waals surface area contributed by atoms with Gasteiger partial charge in [0.05, 0.1) is 12.5 Å². The van der Waals surface area contributed by atoms with Gasteiger partial charge in [0.2, 0.25) is 0 Å². The Labute approximate surface area is 285 Å². The predicted molar refractivity (Wildman–Crippen MR) is 193 cm³/mol. The van der Waals surface area contributed by atoms with Gasteiger partial charge in [-0.05, 0) is 45.8 Å². The lowest BCUT2D eigenvalue weighted by Gasteiger charge is -2.28. The van der Waals surface area contributed by atoms with Crippen LogP contribution in [0.5, 0.6) is 0 Å². The van der Waals surface area contributed by atoms with Crippen molar-refractivity contribution in [1.82, 2.24) is 4.90 Å². The molecular weight excluding hydrogens is 574 g/mol. The molecule has 0 bridgehead atoms. The summed E-state index contributed by atoms with van der Waals surface area (Å²) in [5, 5.41) is 0. The molecule has 6 nitrogen and oxygen atoms in total. The van der Waals surface area contributed by atoms with Gasteiger partial charge in [0, 0.05) is 13.2 Å². The number of ether oxygens (including phenoxy) is 4. The minimum Gasteiger partial charge on any atom is -0.463 e. The third kappa shape index (κ3) is 20.6. The lowest BCUT2D eigenvalue weighted by molar-refractivity contribution is -0.156. The largest absolute Gasteiger partial charge is 0.463 e. The van der Waals surface area contributed by atoms with Gasteiger partial charge in [-0.15, -0.1) is 0 Å². The van der Waals surface area contributed by atoms with E-state index in [1.54, 1.807) is 0 Å². The standard InChI is InChI=1S/C40H77NO5/c1-4-6-8-10-12-14-16-18-20-22-24-26-32-43-37-34-45-38(35-46-40(42)36-28-30-41(3)31-29-36)39(37)44-33-27-25-23-21-19-17-15-13-11-9-7-5-2/h36-39H,4-35H2,1-3H3/t37-,38+,39+/m0/s1. The summed E-state index contributed by atoms with van der Waals surface area (Å²) in [6.07, 6.45) is 33.4. The third-order valence-corrected chi connectivity index (χ3v) is 10.3. The highest BCUT2D eigenvalue weighted by atomic mass is 16.6. The molecule has 2 aliphatic rings. The maximum Gasteiger partial charge on any atom is 0.309 e. The monoisotopic (exact) mass is 652 g/mol. The molecule has 0 aliphatic carbocycles. The van der Waals surface area contributed by atoms with Crippen LogP contribution in [0.25, 0.3) is 0 Å². The van der Waals surface area contributed by atoms with Crippen LogP contribution in [0.3, 0.4) is 0 Å². The maximum atomic E-state index is 12.8. The Hall–Kier alpha value is -0.690. The van der Waals surface area contributed by atoms with Crippen molar-refractivity contribution in [2.75, 3.05) is 46.6 Å². The highest BCUT2D eigenvalue weighted by molar-refractivity contribution is 5.72. The van der Waals surface area contributed by atoms with Crippen LogP contribution in [0.4, 0.5) is 0 Å². The molecule has 0 aromatic rings. The van der Waals surface area contributed by atoms with Gasteiger partial charge in [-0.25, -0.2) is 0 Å². The summed E-state index contributed by atoms with van der Waals surface area (Å²) in [6.45, 7) is 8.76. The summed E-state index contributed by atoms with van der Waals surface area (Å²) in [5.74, 6) is -0.0619. The maximum absolute atomic E-state index is 12.8. The van der Waals surface area contributed by atoms with Crippen LogP contribution in [0.1, 0.15) is 181 Å². The van der Waals surface area contributed by atoms with Crippen molar-refractivity contribution < 1.29 is 23.7 Å². The van der Waals surface area contributed by atoms with E-state index >= 15 is 0 Å². The fourth-order valence-corrected chi connectivity index (χ4v) is 7.01. The molecule has 6 heteroatoms. The lowest BCUT2D eigenvalue weighted by Crippen LogP contribution is -2.39. The first kappa shape index (κ1) is 41.5. The minimum absolute atomic E-state index is 0.0101. The van der Waals surface area contributed by atoms with Crippen molar-refractivity contribution in [1.29, 1.82) is 0 Å². The molecule has 2 heterocycles. The molecule has 2 aliphatic heterocycles. The fraction of sp³-hybridized carbons (Fsp3) is 0.975. The van der Waals surface area contributed by atoms with Gasteiger partial charge < -0.3 is 23.8 Å². The molecule has 0 amide bonds. The zero-order valence-electron chi connectivity index (χ0n) is 30.9. The van der Waals surface area contributed by atoms with Crippen molar-refractivity contribution >= 4 is 5.97 Å². The molecule has 0 unspecified atom stereocenters. The Bertz CT molecular complexity index is 683. The highest BCUT2D eigenvalue weighted by Gasteiger charge is 2.40. The van der Waals surface area contributed by atoms with Crippen LogP contribution in [0.2, 0.25) is 0 Å². The van der Waals surface area contributed by atoms with E-state index in [0.717, 1.165) is 52.0 Å². The molecule has 3 atom stereocenters. The van der Waals surface area contributed by atoms with E-state index in [-0.39, 0.29) is 36.8 Å². The molecule has 0 spiro atoms. The molecule has 272 valence electrons. The second kappa shape index (κ2) is 29.2. The SMILES string of the molecule is CCCCCCCCCCCCCCO[C@@H]1[C@@H](OCCCCCCCCCCCCCC)CO[C@@H]1COC(=O)C1CCN(C)CC1. The number of nitrogens with zero attached hydrogens (tertiary/aromatic N) is 1. The van der Waals surface area contributed by atoms with Gasteiger partial charge in [0.15, 0.2) is 0 Å². The van der Waals surface area contributed by atoms with Crippen LogP contribution in [-0.2, 0) is 23.7 Å². The van der Waals surface area contributed by atoms with E-state index in [9.17, 15) is 4.79 Å². The zero-order valence-corrected chi connectivity index (χ0v) is 30.9. The third-order valence-electron chi connectivity index (χ3n) is 10.3. The van der Waals surface area contributed by atoms with Crippen LogP contribution in [-0.4, -0.2) is 75.7 Å². The Morgan fingerprint density at radius 2 is 1.02 bits per heavy atom. The quantitative estimate of drug-likeness (QED) is 0.0549. The average molecular weight is 652 g/mol. The van der Waals surface area contributed by atoms with Crippen molar-refractivity contribution in [3.8, 4) is 0 Å². The first-order valence-corrected chi connectivity index (χ1v) is 20.4. The molecule has 46 heavy (non-hydrogen) atoms. The lowest BCUT2D eigenvalue weighted by atomic mass is 9.97. The molecule has 0 saturated carbocycles. The molecule has 2 fully saturated rings. The summed E-state index contributed by atoms with van der Waals surface area (Å²) in [4.78, 5) is 15.1. The summed E-state index contributed by atoms with van der Waals surface area (Å²) in [5.41, 5.74) is 0. The summed E-state index contributed by atoms with van der Waals surface area (Å²) < 4.78 is 24.7. The number of carbonyl (C=O) groups excluding carboxylic acids is 1. The predicted octanol–water partition coefficient (Wildman–Crippen LogP) is 10.4. The molecule has 0 aromatic carbocycles. The van der Waals surface area contributed by atoms with E-state index in [1.165, 1.54) is 141 Å². The molecule has 2 rings (SSSR count). The van der Waals surface area contributed by atoms with Crippen LogP contribution >= 0.6 is 0 Å². The average Bonchev–Trinajstić information content (AvgIpc) is 3.45. The molecule has 0 radical (unpaired) electrons. The zero-order chi connectivity index (χ0) is 32.9. The minimum atomic E-state index is -0.237. The molecule has 2 saturated heterocycles. The number of unbranched alkanes of at least 4 members (excludes halogenated alkanes) is 22. The first-order valence-electron chi connectivity index (χ1n) is 20.4. The Balaban J connectivity index is 1.61. The van der Waals surface area contributed by atoms with Gasteiger partial charge in [0.1, 0.15) is 24.9 Å². The number of esters is 1. The van der Waals surface area contributed by atoms with Crippen LogP contribution in [0.15, 0.2) is 0 Å². The smallest absolute Gasteiger partial charge is 0.309 e. The van der Waals surface area contributed by atoms with Gasteiger partial charge in [-0.3, -0.25) is 4.79 Å². The Morgan fingerprint density at radius 1 is 0.609 bits per heavy atom. The number of likely N-dealkylation sites (tertiary alicyclic amines) is 1. The molecular formula is C40H77NO5. The normalized spacial score (nSPS) is 20.9. The van der Waals surface area contributed by atoms with Gasteiger partial charge in [-0.1, -0.05) is 155 Å². The van der Waals surface area contributed by atoms with Gasteiger partial charge in [-0.2, -0.15) is 0 Å². The van der Waals surface area contributed by atoms with E-state index in [0.29, 0.717) is 6.61 Å². The number of hydrogen-bond donors (Lipinski definition) is 0. The van der Waals surface area contributed by atoms with Crippen molar-refractivity contribution in [3.05, 3.63) is 0 Å². The van der Waals surface area contributed by atoms with E-state index in [1.807, 2.05) is 0 Å². The Kier molecular flexibility index (Phi) is 26.4. The number of rotatable bonds is 31. The number of hydrogen-bond acceptors (Lipinski definition) is 6.